The zero-order valence-electron chi connectivity index (χ0n) is 30.2. The highest BCUT2D eigenvalue weighted by Gasteiger charge is 2.34. The number of carboxylic acids is 2. The number of rotatable bonds is 25. The monoisotopic (exact) mass is 752 g/mol. The van der Waals surface area contributed by atoms with Gasteiger partial charge in [0, 0.05) is 37.6 Å². The Morgan fingerprint density at radius 3 is 1.70 bits per heavy atom. The molecule has 0 aromatic carbocycles. The number of aromatic nitrogens is 2. The fraction of sp³-hybridized carbons (Fsp3) is 0.625. The molecule has 0 fully saturated rings. The SMILES string of the molecule is CC(C)C[C@H](NC(=O)[C@@H](N)CCC(N)=O)C(=O)N[C@@H](CCC(=O)O)C(=O)N[C@H](C(=O)N[C@@H](Cc1cnc[nH]1)C(=O)N[C@@H](CCC(N)=O)C(=O)O)C(C)C. The topological polar surface area (TPSA) is 361 Å². The molecule has 6 atom stereocenters. The van der Waals surface area contributed by atoms with E-state index in [2.05, 4.69) is 36.6 Å². The largest absolute Gasteiger partial charge is 0.481 e. The fourth-order valence-electron chi connectivity index (χ4n) is 4.91. The lowest BCUT2D eigenvalue weighted by molar-refractivity contribution is -0.143. The number of nitrogens with two attached hydrogens (primary N) is 3. The van der Waals surface area contributed by atoms with Crippen molar-refractivity contribution in [3.8, 4) is 0 Å². The molecule has 0 bridgehead atoms. The number of carboxylic acid groups (broad SMARTS) is 2. The lowest BCUT2D eigenvalue weighted by atomic mass is 9.99. The summed E-state index contributed by atoms with van der Waals surface area (Å²) in [6.07, 6.45) is 0.692. The van der Waals surface area contributed by atoms with E-state index in [1.54, 1.807) is 27.7 Å². The number of carbonyl (C=O) groups excluding carboxylic acids is 7. The number of aliphatic carboxylic acids is 2. The third-order valence-electron chi connectivity index (χ3n) is 7.81. The molecule has 1 rings (SSSR count). The van der Waals surface area contributed by atoms with Gasteiger partial charge in [-0.05, 0) is 37.5 Å². The Balaban J connectivity index is 3.27. The first-order chi connectivity index (χ1) is 24.7. The molecule has 14 N–H and O–H groups in total. The molecule has 0 saturated carbocycles. The van der Waals surface area contributed by atoms with Gasteiger partial charge in [-0.15, -0.1) is 0 Å². The Hall–Kier alpha value is -5.60. The molecule has 0 aliphatic carbocycles. The minimum absolute atomic E-state index is 0.0840. The maximum Gasteiger partial charge on any atom is 0.326 e. The molecule has 0 unspecified atom stereocenters. The van der Waals surface area contributed by atoms with E-state index in [0.29, 0.717) is 5.69 Å². The third kappa shape index (κ3) is 17.5. The Labute approximate surface area is 305 Å². The molecule has 0 spiro atoms. The summed E-state index contributed by atoms with van der Waals surface area (Å²) in [6.45, 7) is 6.67. The molecule has 1 aromatic heterocycles. The van der Waals surface area contributed by atoms with Gasteiger partial charge in [0.1, 0.15) is 30.2 Å². The van der Waals surface area contributed by atoms with Crippen molar-refractivity contribution in [1.82, 2.24) is 36.6 Å². The number of carbonyl (C=O) groups is 9. The van der Waals surface area contributed by atoms with Crippen molar-refractivity contribution < 1.29 is 53.4 Å². The molecule has 53 heavy (non-hydrogen) atoms. The number of primary amides is 2. The maximum atomic E-state index is 13.6. The molecule has 0 aliphatic heterocycles. The van der Waals surface area contributed by atoms with E-state index in [1.165, 1.54) is 12.5 Å². The van der Waals surface area contributed by atoms with Gasteiger partial charge in [0.2, 0.25) is 41.4 Å². The Bertz CT molecular complexity index is 1450. The van der Waals surface area contributed by atoms with E-state index in [1.807, 2.05) is 0 Å². The summed E-state index contributed by atoms with van der Waals surface area (Å²) in [5, 5.41) is 31.1. The van der Waals surface area contributed by atoms with Crippen LogP contribution in [0.15, 0.2) is 12.5 Å². The van der Waals surface area contributed by atoms with Crippen molar-refractivity contribution in [3.63, 3.8) is 0 Å². The zero-order chi connectivity index (χ0) is 40.4. The summed E-state index contributed by atoms with van der Waals surface area (Å²) in [4.78, 5) is 119. The highest BCUT2D eigenvalue weighted by molar-refractivity contribution is 5.96. The van der Waals surface area contributed by atoms with Crippen molar-refractivity contribution in [2.45, 2.75) is 115 Å². The zero-order valence-corrected chi connectivity index (χ0v) is 30.2. The maximum absolute atomic E-state index is 13.6. The van der Waals surface area contributed by atoms with Crippen LogP contribution in [-0.4, -0.2) is 110 Å². The first-order valence-corrected chi connectivity index (χ1v) is 17.0. The van der Waals surface area contributed by atoms with Gasteiger partial charge >= 0.3 is 11.9 Å². The number of nitrogens with zero attached hydrogens (tertiary/aromatic N) is 1. The van der Waals surface area contributed by atoms with Crippen LogP contribution in [0.25, 0.3) is 0 Å². The highest BCUT2D eigenvalue weighted by Crippen LogP contribution is 2.11. The van der Waals surface area contributed by atoms with Gasteiger partial charge in [0.25, 0.3) is 0 Å². The first kappa shape index (κ1) is 45.4. The van der Waals surface area contributed by atoms with Crippen molar-refractivity contribution >= 4 is 53.3 Å². The predicted molar refractivity (Wildman–Crippen MR) is 186 cm³/mol. The number of hydrogen-bond acceptors (Lipinski definition) is 11. The van der Waals surface area contributed by atoms with Gasteiger partial charge in [0.15, 0.2) is 0 Å². The summed E-state index contributed by atoms with van der Waals surface area (Å²) in [5.41, 5.74) is 16.5. The summed E-state index contributed by atoms with van der Waals surface area (Å²) in [7, 11) is 0. The quantitative estimate of drug-likeness (QED) is 0.0472. The summed E-state index contributed by atoms with van der Waals surface area (Å²) >= 11 is 0. The van der Waals surface area contributed by atoms with E-state index in [0.717, 1.165) is 0 Å². The van der Waals surface area contributed by atoms with E-state index in [-0.39, 0.29) is 44.4 Å². The van der Waals surface area contributed by atoms with Crippen LogP contribution >= 0.6 is 0 Å². The molecule has 7 amide bonds. The molecule has 21 nitrogen and oxygen atoms in total. The van der Waals surface area contributed by atoms with Gasteiger partial charge in [-0.1, -0.05) is 27.7 Å². The van der Waals surface area contributed by atoms with Crippen LogP contribution in [0.3, 0.4) is 0 Å². The van der Waals surface area contributed by atoms with Crippen molar-refractivity contribution in [1.29, 1.82) is 0 Å². The number of H-pyrrole nitrogens is 1. The molecule has 0 saturated heterocycles. The minimum atomic E-state index is -1.52. The number of aromatic amines is 1. The molecule has 296 valence electrons. The predicted octanol–water partition coefficient (Wildman–Crippen LogP) is -3.11. The second kappa shape index (κ2) is 22.4. The highest BCUT2D eigenvalue weighted by atomic mass is 16.4. The van der Waals surface area contributed by atoms with E-state index in [4.69, 9.17) is 17.2 Å². The van der Waals surface area contributed by atoms with E-state index in [9.17, 15) is 53.4 Å². The third-order valence-corrected chi connectivity index (χ3v) is 7.81. The molecule has 1 heterocycles. The second-order valence-electron chi connectivity index (χ2n) is 13.3. The molecule has 0 radical (unpaired) electrons. The van der Waals surface area contributed by atoms with Gasteiger partial charge in [-0.3, -0.25) is 38.4 Å². The number of hydrogen-bond donors (Lipinski definition) is 11. The smallest absolute Gasteiger partial charge is 0.326 e. The Morgan fingerprint density at radius 1 is 0.679 bits per heavy atom. The van der Waals surface area contributed by atoms with Crippen molar-refractivity contribution in [2.75, 3.05) is 0 Å². The van der Waals surface area contributed by atoms with Crippen molar-refractivity contribution in [2.24, 2.45) is 29.0 Å². The fourth-order valence-corrected chi connectivity index (χ4v) is 4.91. The van der Waals surface area contributed by atoms with Crippen LogP contribution in [-0.2, 0) is 49.6 Å². The van der Waals surface area contributed by atoms with Crippen LogP contribution in [0.4, 0.5) is 0 Å². The van der Waals surface area contributed by atoms with Crippen molar-refractivity contribution in [3.05, 3.63) is 18.2 Å². The number of amides is 7. The minimum Gasteiger partial charge on any atom is -0.481 e. The average molecular weight is 753 g/mol. The van der Waals surface area contributed by atoms with E-state index < -0.39 is 108 Å². The van der Waals surface area contributed by atoms with Gasteiger partial charge in [-0.2, -0.15) is 0 Å². The number of nitrogens with one attached hydrogen (secondary N) is 6. The standard InChI is InChI=1S/C32H52N10O11/c1-15(2)11-21(40-27(47)18(33)5-8-23(34)43)29(49)38-19(7-10-25(45)46)28(48)42-26(16(3)4)31(51)41-22(12-17-13-36-14-37-17)30(50)39-20(32(52)53)6-9-24(35)44/h13-16,18-22,26H,5-12,33H2,1-4H3,(H2,34,43)(H2,35,44)(H,36,37)(H,38,49)(H,39,50)(H,40,47)(H,41,51)(H,42,48)(H,45,46)(H,52,53)/t18-,19-,20-,21-,22-,26-/m0/s1. The molecule has 1 aromatic rings. The lowest BCUT2D eigenvalue weighted by Gasteiger charge is -2.28. The summed E-state index contributed by atoms with van der Waals surface area (Å²) in [5.74, 6) is -9.34. The van der Waals surface area contributed by atoms with Gasteiger partial charge in [-0.25, -0.2) is 9.78 Å². The normalized spacial score (nSPS) is 14.5. The van der Waals surface area contributed by atoms with Crippen LogP contribution in [0, 0.1) is 11.8 Å². The second-order valence-corrected chi connectivity index (χ2v) is 13.3. The molecular weight excluding hydrogens is 700 g/mol. The average Bonchev–Trinajstić information content (AvgIpc) is 3.57. The van der Waals surface area contributed by atoms with Gasteiger partial charge < -0.3 is 59.0 Å². The Morgan fingerprint density at radius 2 is 1.19 bits per heavy atom. The van der Waals surface area contributed by atoms with Gasteiger partial charge in [0.05, 0.1) is 12.4 Å². The van der Waals surface area contributed by atoms with Crippen LogP contribution < -0.4 is 43.8 Å². The van der Waals surface area contributed by atoms with E-state index >= 15 is 0 Å². The number of imidazole rings is 1. The summed E-state index contributed by atoms with van der Waals surface area (Å²) in [6, 6.07) is -8.19. The van der Waals surface area contributed by atoms with Crippen LogP contribution in [0.5, 0.6) is 0 Å². The summed E-state index contributed by atoms with van der Waals surface area (Å²) < 4.78 is 0. The first-order valence-electron chi connectivity index (χ1n) is 17.0. The van der Waals surface area contributed by atoms with Crippen LogP contribution in [0.2, 0.25) is 0 Å². The molecule has 21 heteroatoms. The molecular formula is C32H52N10O11. The molecule has 0 aliphatic rings. The van der Waals surface area contributed by atoms with Crippen LogP contribution in [0.1, 0.15) is 78.3 Å². The Kier molecular flexibility index (Phi) is 19.2. The lowest BCUT2D eigenvalue weighted by Crippen LogP contribution is -2.60.